The Bertz CT molecular complexity index is 315. The first-order valence-corrected chi connectivity index (χ1v) is 6.81. The third-order valence-corrected chi connectivity index (χ3v) is 2.62. The Morgan fingerprint density at radius 3 is 2.78 bits per heavy atom. The molecule has 1 rings (SSSR count). The van der Waals surface area contributed by atoms with Crippen LogP contribution in [-0.2, 0) is 4.74 Å². The first-order valence-electron chi connectivity index (χ1n) is 6.81. The van der Waals surface area contributed by atoms with E-state index in [4.69, 9.17) is 9.47 Å². The minimum atomic E-state index is 0.610. The van der Waals surface area contributed by atoms with E-state index in [2.05, 4.69) is 25.2 Å². The molecule has 102 valence electrons. The zero-order valence-corrected chi connectivity index (χ0v) is 11.6. The summed E-state index contributed by atoms with van der Waals surface area (Å²) < 4.78 is 11.1. The molecule has 0 atom stereocenters. The van der Waals surface area contributed by atoms with Gasteiger partial charge in [-0.1, -0.05) is 25.5 Å². The van der Waals surface area contributed by atoms with E-state index in [0.717, 1.165) is 25.4 Å². The maximum absolute atomic E-state index is 5.59. The van der Waals surface area contributed by atoms with Gasteiger partial charge in [-0.05, 0) is 37.6 Å². The number of benzene rings is 1. The van der Waals surface area contributed by atoms with Gasteiger partial charge in [-0.3, -0.25) is 0 Å². The fourth-order valence-corrected chi connectivity index (χ4v) is 1.60. The van der Waals surface area contributed by atoms with Gasteiger partial charge in [0.25, 0.3) is 0 Å². The first kappa shape index (κ1) is 15.0. The molecule has 0 saturated heterocycles. The second-order valence-corrected chi connectivity index (χ2v) is 4.38. The van der Waals surface area contributed by atoms with E-state index in [1.807, 2.05) is 18.2 Å². The van der Waals surface area contributed by atoms with Crippen LogP contribution in [0.2, 0.25) is 0 Å². The van der Waals surface area contributed by atoms with Gasteiger partial charge in [0.2, 0.25) is 0 Å². The predicted octanol–water partition coefficient (Wildman–Crippen LogP) is 2.78. The maximum atomic E-state index is 5.59. The lowest BCUT2D eigenvalue weighted by atomic mass is 10.2. The standard InChI is InChI=1S/C15H25NO2/c1-3-4-8-16-9-10-17-11-12-18-15-7-5-6-14(2)13-15/h5-7,13,16H,3-4,8-12H2,1-2H3. The quantitative estimate of drug-likeness (QED) is 0.649. The fourth-order valence-electron chi connectivity index (χ4n) is 1.60. The molecule has 0 radical (unpaired) electrons. The van der Waals surface area contributed by atoms with Crippen molar-refractivity contribution in [1.82, 2.24) is 5.32 Å². The lowest BCUT2D eigenvalue weighted by Crippen LogP contribution is -2.21. The van der Waals surface area contributed by atoms with E-state index in [0.29, 0.717) is 13.2 Å². The second-order valence-electron chi connectivity index (χ2n) is 4.38. The summed E-state index contributed by atoms with van der Waals surface area (Å²) in [4.78, 5) is 0. The average molecular weight is 251 g/mol. The summed E-state index contributed by atoms with van der Waals surface area (Å²) in [5, 5.41) is 3.34. The van der Waals surface area contributed by atoms with E-state index in [1.165, 1.54) is 18.4 Å². The molecule has 1 N–H and O–H groups in total. The molecular weight excluding hydrogens is 226 g/mol. The Balaban J connectivity index is 1.92. The Hall–Kier alpha value is -1.06. The van der Waals surface area contributed by atoms with Crippen molar-refractivity contribution < 1.29 is 9.47 Å². The highest BCUT2D eigenvalue weighted by molar-refractivity contribution is 5.27. The second kappa shape index (κ2) is 9.92. The maximum Gasteiger partial charge on any atom is 0.119 e. The van der Waals surface area contributed by atoms with Crippen LogP contribution in [0.15, 0.2) is 24.3 Å². The van der Waals surface area contributed by atoms with E-state index >= 15 is 0 Å². The molecule has 0 spiro atoms. The summed E-state index contributed by atoms with van der Waals surface area (Å²) in [6.45, 7) is 8.26. The zero-order valence-electron chi connectivity index (χ0n) is 11.6. The summed E-state index contributed by atoms with van der Waals surface area (Å²) in [5.41, 5.74) is 1.22. The topological polar surface area (TPSA) is 30.5 Å². The van der Waals surface area contributed by atoms with Crippen molar-refractivity contribution in [3.8, 4) is 5.75 Å². The van der Waals surface area contributed by atoms with E-state index in [9.17, 15) is 0 Å². The molecule has 3 nitrogen and oxygen atoms in total. The zero-order chi connectivity index (χ0) is 13.1. The predicted molar refractivity (Wildman–Crippen MR) is 75.3 cm³/mol. The molecule has 0 aliphatic carbocycles. The van der Waals surface area contributed by atoms with E-state index in [1.54, 1.807) is 0 Å². The van der Waals surface area contributed by atoms with Gasteiger partial charge >= 0.3 is 0 Å². The SMILES string of the molecule is CCCCNCCOCCOc1cccc(C)c1. The molecule has 0 amide bonds. The molecule has 0 bridgehead atoms. The van der Waals surface area contributed by atoms with Crippen molar-refractivity contribution in [2.24, 2.45) is 0 Å². The van der Waals surface area contributed by atoms with Gasteiger partial charge in [0, 0.05) is 6.54 Å². The summed E-state index contributed by atoms with van der Waals surface area (Å²) in [7, 11) is 0. The van der Waals surface area contributed by atoms with Crippen molar-refractivity contribution in [3.63, 3.8) is 0 Å². The highest BCUT2D eigenvalue weighted by Crippen LogP contribution is 2.11. The largest absolute Gasteiger partial charge is 0.491 e. The third-order valence-electron chi connectivity index (χ3n) is 2.62. The minimum Gasteiger partial charge on any atom is -0.491 e. The minimum absolute atomic E-state index is 0.610. The number of hydrogen-bond acceptors (Lipinski definition) is 3. The normalized spacial score (nSPS) is 10.6. The number of aryl methyl sites for hydroxylation is 1. The van der Waals surface area contributed by atoms with Crippen molar-refractivity contribution in [2.75, 3.05) is 32.9 Å². The molecule has 0 unspecified atom stereocenters. The van der Waals surface area contributed by atoms with Gasteiger partial charge < -0.3 is 14.8 Å². The van der Waals surface area contributed by atoms with Crippen molar-refractivity contribution in [2.45, 2.75) is 26.7 Å². The Kier molecular flexibility index (Phi) is 8.26. The lowest BCUT2D eigenvalue weighted by Gasteiger charge is -2.08. The van der Waals surface area contributed by atoms with Crippen LogP contribution in [0.4, 0.5) is 0 Å². The molecule has 1 aromatic rings. The van der Waals surface area contributed by atoms with Crippen LogP contribution in [0.1, 0.15) is 25.3 Å². The molecule has 0 heterocycles. The van der Waals surface area contributed by atoms with Gasteiger partial charge in [0.15, 0.2) is 0 Å². The van der Waals surface area contributed by atoms with Crippen LogP contribution in [0.25, 0.3) is 0 Å². The molecule has 0 saturated carbocycles. The summed E-state index contributed by atoms with van der Waals surface area (Å²) in [5.74, 6) is 0.916. The average Bonchev–Trinajstić information content (AvgIpc) is 2.37. The number of rotatable bonds is 10. The molecule has 0 aromatic heterocycles. The number of hydrogen-bond donors (Lipinski definition) is 1. The summed E-state index contributed by atoms with van der Waals surface area (Å²) in [6, 6.07) is 8.07. The fraction of sp³-hybridized carbons (Fsp3) is 0.600. The van der Waals surface area contributed by atoms with E-state index in [-0.39, 0.29) is 0 Å². The Morgan fingerprint density at radius 1 is 1.11 bits per heavy atom. The third kappa shape index (κ3) is 7.30. The monoisotopic (exact) mass is 251 g/mol. The molecule has 1 aromatic carbocycles. The smallest absolute Gasteiger partial charge is 0.119 e. The molecular formula is C15H25NO2. The van der Waals surface area contributed by atoms with Gasteiger partial charge in [0.05, 0.1) is 13.2 Å². The van der Waals surface area contributed by atoms with Gasteiger partial charge in [-0.2, -0.15) is 0 Å². The van der Waals surface area contributed by atoms with Crippen LogP contribution in [0, 0.1) is 6.92 Å². The molecule has 0 aliphatic rings. The van der Waals surface area contributed by atoms with E-state index < -0.39 is 0 Å². The lowest BCUT2D eigenvalue weighted by molar-refractivity contribution is 0.102. The highest BCUT2D eigenvalue weighted by Gasteiger charge is 1.94. The van der Waals surface area contributed by atoms with Crippen molar-refractivity contribution in [1.29, 1.82) is 0 Å². The Labute approximate surface area is 110 Å². The molecule has 0 aliphatic heterocycles. The van der Waals surface area contributed by atoms with Crippen molar-refractivity contribution >= 4 is 0 Å². The number of ether oxygens (including phenoxy) is 2. The first-order chi connectivity index (χ1) is 8.83. The molecule has 0 fully saturated rings. The summed E-state index contributed by atoms with van der Waals surface area (Å²) >= 11 is 0. The van der Waals surface area contributed by atoms with Crippen LogP contribution >= 0.6 is 0 Å². The van der Waals surface area contributed by atoms with Gasteiger partial charge in [-0.25, -0.2) is 0 Å². The van der Waals surface area contributed by atoms with Gasteiger partial charge in [-0.15, -0.1) is 0 Å². The van der Waals surface area contributed by atoms with Crippen LogP contribution in [0.3, 0.4) is 0 Å². The van der Waals surface area contributed by atoms with Crippen LogP contribution < -0.4 is 10.1 Å². The van der Waals surface area contributed by atoms with Gasteiger partial charge in [0.1, 0.15) is 12.4 Å². The Morgan fingerprint density at radius 2 is 2.00 bits per heavy atom. The highest BCUT2D eigenvalue weighted by atomic mass is 16.5. The number of nitrogens with one attached hydrogen (secondary N) is 1. The van der Waals surface area contributed by atoms with Crippen LogP contribution in [-0.4, -0.2) is 32.9 Å². The summed E-state index contributed by atoms with van der Waals surface area (Å²) in [6.07, 6.45) is 2.47. The van der Waals surface area contributed by atoms with Crippen molar-refractivity contribution in [3.05, 3.63) is 29.8 Å². The molecule has 18 heavy (non-hydrogen) atoms. The number of unbranched alkanes of at least 4 members (excludes halogenated alkanes) is 1. The van der Waals surface area contributed by atoms with Crippen LogP contribution in [0.5, 0.6) is 5.75 Å². The molecule has 3 heteroatoms.